The molecule has 0 heterocycles. The molecule has 21 heavy (non-hydrogen) atoms. The molecule has 1 N–H and O–H groups in total. The first-order chi connectivity index (χ1) is 9.80. The minimum absolute atomic E-state index is 0.407. The van der Waals surface area contributed by atoms with E-state index < -0.39 is 0 Å². The summed E-state index contributed by atoms with van der Waals surface area (Å²) in [6.07, 6.45) is 3.65. The van der Waals surface area contributed by atoms with E-state index in [9.17, 15) is 0 Å². The molecule has 1 atom stereocenters. The Morgan fingerprint density at radius 3 is 2.48 bits per heavy atom. The maximum Gasteiger partial charge on any atom is 0.119 e. The van der Waals surface area contributed by atoms with Crippen LogP contribution in [0, 0.1) is 11.3 Å². The van der Waals surface area contributed by atoms with Crippen LogP contribution in [0.15, 0.2) is 24.3 Å². The summed E-state index contributed by atoms with van der Waals surface area (Å²) < 4.78 is 5.33. The van der Waals surface area contributed by atoms with Crippen LogP contribution in [0.4, 0.5) is 0 Å². The van der Waals surface area contributed by atoms with Crippen LogP contribution < -0.4 is 10.1 Å². The highest BCUT2D eigenvalue weighted by atomic mass is 16.5. The number of methoxy groups -OCH3 is 1. The van der Waals surface area contributed by atoms with E-state index in [4.69, 9.17) is 4.74 Å². The predicted molar refractivity (Wildman–Crippen MR) is 92.0 cm³/mol. The fourth-order valence-corrected chi connectivity index (χ4v) is 2.45. The monoisotopic (exact) mass is 291 g/mol. The van der Waals surface area contributed by atoms with E-state index in [1.807, 2.05) is 6.07 Å². The Morgan fingerprint density at radius 2 is 1.90 bits per heavy atom. The van der Waals surface area contributed by atoms with Crippen molar-refractivity contribution in [2.24, 2.45) is 11.3 Å². The fraction of sp³-hybridized carbons (Fsp3) is 0.684. The minimum Gasteiger partial charge on any atom is -0.497 e. The molecule has 0 amide bonds. The Bertz CT molecular complexity index is 406. The van der Waals surface area contributed by atoms with E-state index in [2.05, 4.69) is 58.1 Å². The highest BCUT2D eigenvalue weighted by Gasteiger charge is 2.16. The van der Waals surface area contributed by atoms with Crippen molar-refractivity contribution < 1.29 is 4.74 Å². The first kappa shape index (κ1) is 18.0. The summed E-state index contributed by atoms with van der Waals surface area (Å²) in [6, 6.07) is 9.03. The quantitative estimate of drug-likeness (QED) is 0.751. The molecule has 0 saturated heterocycles. The normalized spacial score (nSPS) is 13.5. The molecule has 0 aromatic heterocycles. The van der Waals surface area contributed by atoms with Gasteiger partial charge in [-0.25, -0.2) is 0 Å². The maximum absolute atomic E-state index is 5.33. The molecule has 1 aromatic carbocycles. The van der Waals surface area contributed by atoms with E-state index >= 15 is 0 Å². The Kier molecular flexibility index (Phi) is 7.24. The van der Waals surface area contributed by atoms with Crippen molar-refractivity contribution in [2.75, 3.05) is 13.7 Å². The molecule has 1 aromatic rings. The summed E-state index contributed by atoms with van der Waals surface area (Å²) in [5.74, 6) is 1.64. The van der Waals surface area contributed by atoms with Crippen LogP contribution >= 0.6 is 0 Å². The van der Waals surface area contributed by atoms with Crippen molar-refractivity contribution in [3.63, 3.8) is 0 Å². The van der Waals surface area contributed by atoms with Gasteiger partial charge in [-0.2, -0.15) is 0 Å². The lowest BCUT2D eigenvalue weighted by molar-refractivity contribution is 0.310. The van der Waals surface area contributed by atoms with Gasteiger partial charge in [-0.1, -0.05) is 46.8 Å². The maximum atomic E-state index is 5.33. The summed E-state index contributed by atoms with van der Waals surface area (Å²) in [5, 5.41) is 3.60. The molecule has 0 saturated carbocycles. The van der Waals surface area contributed by atoms with Gasteiger partial charge in [0.2, 0.25) is 0 Å². The Morgan fingerprint density at radius 1 is 1.19 bits per heavy atom. The van der Waals surface area contributed by atoms with Crippen LogP contribution in [-0.2, 0) is 6.42 Å². The van der Waals surface area contributed by atoms with Gasteiger partial charge in [0.1, 0.15) is 5.75 Å². The standard InChI is InChI=1S/C19H33NO/c1-15(2)20-14-17(10-11-19(3,4)5)12-16-8-7-9-18(13-16)21-6/h7-9,13,15,17,20H,10-12,14H2,1-6H3. The molecule has 0 radical (unpaired) electrons. The fourth-order valence-electron chi connectivity index (χ4n) is 2.45. The summed E-state index contributed by atoms with van der Waals surface area (Å²) in [4.78, 5) is 0. The number of hydrogen-bond donors (Lipinski definition) is 1. The first-order valence-electron chi connectivity index (χ1n) is 8.16. The van der Waals surface area contributed by atoms with E-state index in [0.717, 1.165) is 18.7 Å². The molecule has 120 valence electrons. The average molecular weight is 291 g/mol. The van der Waals surface area contributed by atoms with E-state index in [1.165, 1.54) is 18.4 Å². The first-order valence-corrected chi connectivity index (χ1v) is 8.16. The van der Waals surface area contributed by atoms with Gasteiger partial charge in [-0.05, 0) is 54.8 Å². The van der Waals surface area contributed by atoms with Crippen LogP contribution in [0.1, 0.15) is 53.0 Å². The predicted octanol–water partition coefficient (Wildman–Crippen LogP) is 4.68. The zero-order valence-electron chi connectivity index (χ0n) is 14.7. The lowest BCUT2D eigenvalue weighted by Gasteiger charge is -2.24. The van der Waals surface area contributed by atoms with Crippen LogP contribution in [0.3, 0.4) is 0 Å². The van der Waals surface area contributed by atoms with Crippen LogP contribution in [0.25, 0.3) is 0 Å². The molecular weight excluding hydrogens is 258 g/mol. The largest absolute Gasteiger partial charge is 0.497 e. The average Bonchev–Trinajstić information content (AvgIpc) is 2.41. The van der Waals surface area contributed by atoms with Gasteiger partial charge in [-0.3, -0.25) is 0 Å². The smallest absolute Gasteiger partial charge is 0.119 e. The second kappa shape index (κ2) is 8.43. The minimum atomic E-state index is 0.407. The van der Waals surface area contributed by atoms with Crippen molar-refractivity contribution in [1.82, 2.24) is 5.32 Å². The number of ether oxygens (including phenoxy) is 1. The van der Waals surface area contributed by atoms with Gasteiger partial charge in [-0.15, -0.1) is 0 Å². The summed E-state index contributed by atoms with van der Waals surface area (Å²) >= 11 is 0. The molecule has 0 spiro atoms. The van der Waals surface area contributed by atoms with Gasteiger partial charge in [0.15, 0.2) is 0 Å². The van der Waals surface area contributed by atoms with Crippen molar-refractivity contribution in [3.8, 4) is 5.75 Å². The van der Waals surface area contributed by atoms with Crippen molar-refractivity contribution in [2.45, 2.75) is 59.9 Å². The molecule has 0 bridgehead atoms. The van der Waals surface area contributed by atoms with Crippen molar-refractivity contribution in [1.29, 1.82) is 0 Å². The zero-order valence-corrected chi connectivity index (χ0v) is 14.7. The molecule has 1 rings (SSSR count). The lowest BCUT2D eigenvalue weighted by atomic mass is 9.84. The van der Waals surface area contributed by atoms with Gasteiger partial charge in [0.25, 0.3) is 0 Å². The van der Waals surface area contributed by atoms with Gasteiger partial charge in [0, 0.05) is 6.04 Å². The van der Waals surface area contributed by atoms with Crippen LogP contribution in [0.5, 0.6) is 5.75 Å². The number of nitrogens with one attached hydrogen (secondary N) is 1. The summed E-state index contributed by atoms with van der Waals surface area (Å²) in [7, 11) is 1.73. The number of rotatable bonds is 8. The molecule has 0 fully saturated rings. The van der Waals surface area contributed by atoms with Gasteiger partial charge in [0.05, 0.1) is 7.11 Å². The SMILES string of the molecule is COc1cccc(CC(CCC(C)(C)C)CNC(C)C)c1. The highest BCUT2D eigenvalue weighted by molar-refractivity contribution is 5.28. The summed E-state index contributed by atoms with van der Waals surface area (Å²) in [6.45, 7) is 12.5. The molecule has 0 aliphatic heterocycles. The molecule has 2 heteroatoms. The van der Waals surface area contributed by atoms with E-state index in [-0.39, 0.29) is 0 Å². The van der Waals surface area contributed by atoms with E-state index in [0.29, 0.717) is 17.4 Å². The highest BCUT2D eigenvalue weighted by Crippen LogP contribution is 2.26. The van der Waals surface area contributed by atoms with Crippen molar-refractivity contribution >= 4 is 0 Å². The summed E-state index contributed by atoms with van der Waals surface area (Å²) in [5.41, 5.74) is 1.78. The van der Waals surface area contributed by atoms with Crippen molar-refractivity contribution in [3.05, 3.63) is 29.8 Å². The van der Waals surface area contributed by atoms with Crippen LogP contribution in [-0.4, -0.2) is 19.7 Å². The lowest BCUT2D eigenvalue weighted by Crippen LogP contribution is -2.30. The Labute approximate surface area is 131 Å². The van der Waals surface area contributed by atoms with E-state index in [1.54, 1.807) is 7.11 Å². The molecule has 2 nitrogen and oxygen atoms in total. The molecule has 0 aliphatic carbocycles. The zero-order chi connectivity index (χ0) is 15.9. The molecular formula is C19H33NO. The Hall–Kier alpha value is -1.02. The third-order valence-electron chi connectivity index (χ3n) is 3.78. The second-order valence-electron chi connectivity index (χ2n) is 7.58. The van der Waals surface area contributed by atoms with Gasteiger partial charge >= 0.3 is 0 Å². The topological polar surface area (TPSA) is 21.3 Å². The van der Waals surface area contributed by atoms with Crippen LogP contribution in [0.2, 0.25) is 0 Å². The third-order valence-corrected chi connectivity index (χ3v) is 3.78. The molecule has 1 unspecified atom stereocenters. The second-order valence-corrected chi connectivity index (χ2v) is 7.58. The van der Waals surface area contributed by atoms with Gasteiger partial charge < -0.3 is 10.1 Å². The number of benzene rings is 1. The molecule has 0 aliphatic rings. The third kappa shape index (κ3) is 8.11. The number of hydrogen-bond acceptors (Lipinski definition) is 2. The Balaban J connectivity index is 2.65.